The van der Waals surface area contributed by atoms with Crippen molar-refractivity contribution in [2.75, 3.05) is 11.4 Å². The van der Waals surface area contributed by atoms with E-state index in [1.54, 1.807) is 11.1 Å². The van der Waals surface area contributed by atoms with Crippen molar-refractivity contribution >= 4 is 11.6 Å². The summed E-state index contributed by atoms with van der Waals surface area (Å²) in [6.07, 6.45) is 3.12. The van der Waals surface area contributed by atoms with Gasteiger partial charge in [0.25, 0.3) is 5.91 Å². The van der Waals surface area contributed by atoms with Gasteiger partial charge in [-0.15, -0.1) is 0 Å². The molecule has 0 saturated carbocycles. The molecule has 0 fully saturated rings. The Morgan fingerprint density at radius 2 is 1.89 bits per heavy atom. The van der Waals surface area contributed by atoms with E-state index in [0.717, 1.165) is 11.4 Å². The van der Waals surface area contributed by atoms with Gasteiger partial charge < -0.3 is 4.90 Å². The molecule has 0 spiro atoms. The molecule has 4 heteroatoms. The molecule has 0 N–H and O–H groups in total. The average molecular weight is 241 g/mol. The summed E-state index contributed by atoms with van der Waals surface area (Å²) in [5.41, 5.74) is 2.04. The Balaban J connectivity index is 2.28. The number of amides is 1. The zero-order valence-electron chi connectivity index (χ0n) is 10.5. The highest BCUT2D eigenvalue weighted by Crippen LogP contribution is 2.15. The maximum absolute atomic E-state index is 12.3. The normalized spacial score (nSPS) is 10.1. The topological polar surface area (TPSA) is 46.1 Å². The number of benzene rings is 1. The third-order valence-electron chi connectivity index (χ3n) is 2.63. The molecule has 18 heavy (non-hydrogen) atoms. The molecule has 0 atom stereocenters. The van der Waals surface area contributed by atoms with Gasteiger partial charge in [0, 0.05) is 18.4 Å². The Morgan fingerprint density at radius 1 is 1.17 bits per heavy atom. The van der Waals surface area contributed by atoms with E-state index in [-0.39, 0.29) is 5.91 Å². The second-order valence-electron chi connectivity index (χ2n) is 3.93. The minimum atomic E-state index is -0.129. The predicted molar refractivity (Wildman–Crippen MR) is 70.6 cm³/mol. The number of hydrogen-bond acceptors (Lipinski definition) is 3. The number of aryl methyl sites for hydroxylation is 1. The number of para-hydroxylation sites is 1. The quantitative estimate of drug-likeness (QED) is 0.829. The van der Waals surface area contributed by atoms with Gasteiger partial charge in [0.15, 0.2) is 0 Å². The monoisotopic (exact) mass is 241 g/mol. The standard InChI is InChI=1S/C14H15N3O/c1-3-17(12-7-5-4-6-8-12)14(18)13-10-15-11(2)9-16-13/h4-10H,3H2,1-2H3. The molecule has 1 aromatic carbocycles. The summed E-state index contributed by atoms with van der Waals surface area (Å²) >= 11 is 0. The van der Waals surface area contributed by atoms with Crippen LogP contribution in [-0.4, -0.2) is 22.4 Å². The van der Waals surface area contributed by atoms with Crippen molar-refractivity contribution in [1.82, 2.24) is 9.97 Å². The Labute approximate surface area is 106 Å². The van der Waals surface area contributed by atoms with Gasteiger partial charge >= 0.3 is 0 Å². The second-order valence-corrected chi connectivity index (χ2v) is 3.93. The first-order valence-electron chi connectivity index (χ1n) is 5.88. The van der Waals surface area contributed by atoms with Crippen LogP contribution in [0.1, 0.15) is 23.1 Å². The van der Waals surface area contributed by atoms with Crippen molar-refractivity contribution in [2.24, 2.45) is 0 Å². The van der Waals surface area contributed by atoms with E-state index in [4.69, 9.17) is 0 Å². The fraction of sp³-hybridized carbons (Fsp3) is 0.214. The first-order chi connectivity index (χ1) is 8.72. The lowest BCUT2D eigenvalue weighted by atomic mass is 10.2. The smallest absolute Gasteiger partial charge is 0.278 e. The lowest BCUT2D eigenvalue weighted by molar-refractivity contribution is 0.0983. The van der Waals surface area contributed by atoms with Crippen LogP contribution in [0.15, 0.2) is 42.7 Å². The summed E-state index contributed by atoms with van der Waals surface area (Å²) < 4.78 is 0. The molecule has 2 rings (SSSR count). The van der Waals surface area contributed by atoms with Crippen molar-refractivity contribution in [3.05, 3.63) is 54.1 Å². The van der Waals surface area contributed by atoms with Crippen LogP contribution in [0.4, 0.5) is 5.69 Å². The highest BCUT2D eigenvalue weighted by molar-refractivity contribution is 6.04. The van der Waals surface area contributed by atoms with E-state index >= 15 is 0 Å². The molecule has 0 aliphatic heterocycles. The summed E-state index contributed by atoms with van der Waals surface area (Å²) in [4.78, 5) is 22.2. The van der Waals surface area contributed by atoms with Gasteiger partial charge in [-0.1, -0.05) is 18.2 Å². The average Bonchev–Trinajstić information content (AvgIpc) is 2.41. The molecule has 1 heterocycles. The van der Waals surface area contributed by atoms with Crippen LogP contribution < -0.4 is 4.90 Å². The molecular formula is C14H15N3O. The van der Waals surface area contributed by atoms with E-state index in [1.807, 2.05) is 44.2 Å². The van der Waals surface area contributed by atoms with Crippen LogP contribution in [0.2, 0.25) is 0 Å². The fourth-order valence-corrected chi connectivity index (χ4v) is 1.69. The number of anilines is 1. The van der Waals surface area contributed by atoms with Gasteiger partial charge in [0.05, 0.1) is 11.9 Å². The number of rotatable bonds is 3. The van der Waals surface area contributed by atoms with Gasteiger partial charge in [0.2, 0.25) is 0 Å². The molecule has 1 aromatic heterocycles. The van der Waals surface area contributed by atoms with Crippen LogP contribution in [0, 0.1) is 6.92 Å². The lowest BCUT2D eigenvalue weighted by Gasteiger charge is -2.20. The summed E-state index contributed by atoms with van der Waals surface area (Å²) in [6, 6.07) is 9.55. The van der Waals surface area contributed by atoms with E-state index in [1.165, 1.54) is 6.20 Å². The number of aromatic nitrogens is 2. The molecule has 0 saturated heterocycles. The number of hydrogen-bond donors (Lipinski definition) is 0. The van der Waals surface area contributed by atoms with Crippen molar-refractivity contribution in [3.63, 3.8) is 0 Å². The summed E-state index contributed by atoms with van der Waals surface area (Å²) in [7, 11) is 0. The zero-order chi connectivity index (χ0) is 13.0. The van der Waals surface area contributed by atoms with E-state index in [0.29, 0.717) is 12.2 Å². The van der Waals surface area contributed by atoms with Crippen LogP contribution in [0.3, 0.4) is 0 Å². The van der Waals surface area contributed by atoms with Crippen molar-refractivity contribution < 1.29 is 4.79 Å². The molecule has 92 valence electrons. The van der Waals surface area contributed by atoms with Gasteiger partial charge in [-0.25, -0.2) is 4.98 Å². The minimum absolute atomic E-state index is 0.129. The zero-order valence-corrected chi connectivity index (χ0v) is 10.5. The maximum atomic E-state index is 12.3. The van der Waals surface area contributed by atoms with Gasteiger partial charge in [-0.2, -0.15) is 0 Å². The molecule has 2 aromatic rings. The van der Waals surface area contributed by atoms with Gasteiger partial charge in [-0.05, 0) is 26.0 Å². The molecular weight excluding hydrogens is 226 g/mol. The van der Waals surface area contributed by atoms with Crippen LogP contribution in [0.5, 0.6) is 0 Å². The van der Waals surface area contributed by atoms with Gasteiger partial charge in [-0.3, -0.25) is 9.78 Å². The first-order valence-corrected chi connectivity index (χ1v) is 5.88. The molecule has 0 bridgehead atoms. The Bertz CT molecular complexity index is 522. The fourth-order valence-electron chi connectivity index (χ4n) is 1.69. The summed E-state index contributed by atoms with van der Waals surface area (Å²) in [5, 5.41) is 0. The van der Waals surface area contributed by atoms with Crippen LogP contribution >= 0.6 is 0 Å². The van der Waals surface area contributed by atoms with Crippen molar-refractivity contribution in [2.45, 2.75) is 13.8 Å². The third-order valence-corrected chi connectivity index (χ3v) is 2.63. The highest BCUT2D eigenvalue weighted by Gasteiger charge is 2.17. The molecule has 0 radical (unpaired) electrons. The van der Waals surface area contributed by atoms with Gasteiger partial charge in [0.1, 0.15) is 5.69 Å². The Morgan fingerprint density at radius 3 is 2.44 bits per heavy atom. The van der Waals surface area contributed by atoms with E-state index < -0.39 is 0 Å². The van der Waals surface area contributed by atoms with E-state index in [9.17, 15) is 4.79 Å². The number of carbonyl (C=O) groups is 1. The maximum Gasteiger partial charge on any atom is 0.278 e. The number of nitrogens with zero attached hydrogens (tertiary/aromatic N) is 3. The van der Waals surface area contributed by atoms with Crippen LogP contribution in [-0.2, 0) is 0 Å². The summed E-state index contributed by atoms with van der Waals surface area (Å²) in [6.45, 7) is 4.38. The summed E-state index contributed by atoms with van der Waals surface area (Å²) in [5.74, 6) is -0.129. The minimum Gasteiger partial charge on any atom is -0.307 e. The predicted octanol–water partition coefficient (Wildman–Crippen LogP) is 2.45. The molecule has 0 aliphatic rings. The van der Waals surface area contributed by atoms with Crippen molar-refractivity contribution in [1.29, 1.82) is 0 Å². The number of carbonyl (C=O) groups excluding carboxylic acids is 1. The largest absolute Gasteiger partial charge is 0.307 e. The third kappa shape index (κ3) is 2.53. The van der Waals surface area contributed by atoms with E-state index in [2.05, 4.69) is 9.97 Å². The molecule has 0 unspecified atom stereocenters. The SMILES string of the molecule is CCN(C(=O)c1cnc(C)cn1)c1ccccc1. The molecule has 1 amide bonds. The van der Waals surface area contributed by atoms with Crippen molar-refractivity contribution in [3.8, 4) is 0 Å². The first kappa shape index (κ1) is 12.2. The molecule has 0 aliphatic carbocycles. The highest BCUT2D eigenvalue weighted by atomic mass is 16.2. The Hall–Kier alpha value is -2.23. The molecule has 4 nitrogen and oxygen atoms in total. The lowest BCUT2D eigenvalue weighted by Crippen LogP contribution is -2.31. The van der Waals surface area contributed by atoms with Crippen LogP contribution in [0.25, 0.3) is 0 Å². The Kier molecular flexibility index (Phi) is 3.67. The second kappa shape index (κ2) is 5.40.